The van der Waals surface area contributed by atoms with E-state index in [2.05, 4.69) is 31.2 Å². The van der Waals surface area contributed by atoms with E-state index < -0.39 is 67.7 Å². The van der Waals surface area contributed by atoms with Gasteiger partial charge in [-0.3, -0.25) is 24.2 Å². The Balaban J connectivity index is 0.00000163. The van der Waals surface area contributed by atoms with E-state index in [9.17, 15) is 32.8 Å². The summed E-state index contributed by atoms with van der Waals surface area (Å²) >= 11 is 0. The average Bonchev–Trinajstić information content (AvgIpc) is 3.71. The number of likely N-dealkylation sites (tertiary alicyclic amines) is 1. The Hall–Kier alpha value is -6.05. The molecule has 3 heterocycles. The molecule has 0 spiro atoms. The summed E-state index contributed by atoms with van der Waals surface area (Å²) in [7, 11) is 0. The third-order valence-corrected chi connectivity index (χ3v) is 6.95. The van der Waals surface area contributed by atoms with Crippen LogP contribution in [-0.2, 0) is 19.1 Å². The Kier molecular flexibility index (Phi) is 13.8. The molecule has 4 aromatic rings. The van der Waals surface area contributed by atoms with Gasteiger partial charge in [-0.05, 0) is 24.3 Å². The molecule has 3 N–H and O–H groups in total. The number of carbonyl (C=O) groups excluding carboxylic acids is 5. The lowest BCUT2D eigenvalue weighted by molar-refractivity contribution is -0.131. The maximum atomic E-state index is 13.7. The lowest BCUT2D eigenvalue weighted by Gasteiger charge is -2.19. The van der Waals surface area contributed by atoms with E-state index in [1.165, 1.54) is 18.3 Å². The second-order valence-corrected chi connectivity index (χ2v) is 10.1. The van der Waals surface area contributed by atoms with Crippen molar-refractivity contribution in [2.24, 2.45) is 0 Å². The van der Waals surface area contributed by atoms with Gasteiger partial charge in [0.15, 0.2) is 0 Å². The number of benzene rings is 2. The van der Waals surface area contributed by atoms with E-state index in [1.54, 1.807) is 42.5 Å². The van der Waals surface area contributed by atoms with Crippen LogP contribution in [0.1, 0.15) is 50.9 Å². The summed E-state index contributed by atoms with van der Waals surface area (Å²) in [6.45, 7) is 5.80. The lowest BCUT2D eigenvalue weighted by Crippen LogP contribution is -2.43. The minimum atomic E-state index is -3.19. The standard InChI is InChI=1S/C29H25F2N9O6.2C2H6/c30-29(31)12-17(13-32)39(16-29)25(43)15-35-27(44)19-8-10-33-26-18(19)4-3-6-21(26)36-24(42)14-34-23(41)9-11-46-28(45)40-22-7-2-1-5-20(22)37-38-40;2*1-2/h1-8,10,17H,9,11-12,14-16H2,(H,34,41)(H,35,44)(H,36,42);2*1-2H3. The number of amides is 4. The summed E-state index contributed by atoms with van der Waals surface area (Å²) in [5, 5.41) is 24.4. The number of carbonyl (C=O) groups is 5. The molecular weight excluding hydrogens is 656 g/mol. The van der Waals surface area contributed by atoms with Crippen molar-refractivity contribution in [2.45, 2.75) is 52.5 Å². The summed E-state index contributed by atoms with van der Waals surface area (Å²) in [5.41, 5.74) is 1.51. The molecule has 1 atom stereocenters. The summed E-state index contributed by atoms with van der Waals surface area (Å²) < 4.78 is 33.4. The molecule has 1 aliphatic rings. The van der Waals surface area contributed by atoms with Crippen LogP contribution in [-0.4, -0.2) is 92.8 Å². The Bertz CT molecular complexity index is 1890. The average molecular weight is 694 g/mol. The van der Waals surface area contributed by atoms with Crippen molar-refractivity contribution in [1.82, 2.24) is 35.5 Å². The molecule has 1 aliphatic heterocycles. The van der Waals surface area contributed by atoms with Crippen LogP contribution in [0.4, 0.5) is 19.3 Å². The minimum absolute atomic E-state index is 0.0965. The molecule has 0 bridgehead atoms. The number of nitrogens with zero attached hydrogens (tertiary/aromatic N) is 6. The highest BCUT2D eigenvalue weighted by Crippen LogP contribution is 2.31. The van der Waals surface area contributed by atoms with Gasteiger partial charge < -0.3 is 25.6 Å². The second-order valence-electron chi connectivity index (χ2n) is 10.1. The van der Waals surface area contributed by atoms with Crippen LogP contribution in [0.2, 0.25) is 0 Å². The van der Waals surface area contributed by atoms with Crippen LogP contribution in [0, 0.1) is 11.3 Å². The fraction of sp³-hybridized carbons (Fsp3) is 0.364. The first kappa shape index (κ1) is 38.4. The number of anilines is 1. The van der Waals surface area contributed by atoms with Crippen LogP contribution in [0.3, 0.4) is 0 Å². The van der Waals surface area contributed by atoms with E-state index in [1.807, 2.05) is 27.7 Å². The van der Waals surface area contributed by atoms with Crippen LogP contribution in [0.5, 0.6) is 0 Å². The molecule has 264 valence electrons. The third kappa shape index (κ3) is 9.52. The molecule has 5 rings (SSSR count). The number of aromatic nitrogens is 4. The number of ether oxygens (including phenoxy) is 1. The zero-order valence-corrected chi connectivity index (χ0v) is 27.9. The smallest absolute Gasteiger partial charge is 0.436 e. The van der Waals surface area contributed by atoms with Crippen molar-refractivity contribution in [3.8, 4) is 6.07 Å². The number of alkyl halides is 2. The van der Waals surface area contributed by atoms with E-state index >= 15 is 0 Å². The zero-order valence-electron chi connectivity index (χ0n) is 27.9. The van der Waals surface area contributed by atoms with Gasteiger partial charge in [-0.1, -0.05) is 57.2 Å². The Morgan fingerprint density at radius 1 is 0.980 bits per heavy atom. The van der Waals surface area contributed by atoms with Crippen LogP contribution >= 0.6 is 0 Å². The van der Waals surface area contributed by atoms with Gasteiger partial charge in [0.2, 0.25) is 17.7 Å². The third-order valence-electron chi connectivity index (χ3n) is 6.95. The number of halogens is 2. The summed E-state index contributed by atoms with van der Waals surface area (Å²) in [4.78, 5) is 67.4. The van der Waals surface area contributed by atoms with Crippen molar-refractivity contribution < 1.29 is 37.5 Å². The maximum absolute atomic E-state index is 13.7. The van der Waals surface area contributed by atoms with E-state index in [-0.39, 0.29) is 29.8 Å². The van der Waals surface area contributed by atoms with Gasteiger partial charge in [0.25, 0.3) is 11.8 Å². The molecule has 2 aromatic heterocycles. The number of hydrogen-bond donors (Lipinski definition) is 3. The summed E-state index contributed by atoms with van der Waals surface area (Å²) in [5.74, 6) is -5.88. The SMILES string of the molecule is CC.CC.N#CC1CC(F)(F)CN1C(=O)CNC(=O)c1ccnc2c(NC(=O)CNC(=O)CCOC(=O)n3nnc4ccccc43)cccc12. The molecule has 17 heteroatoms. The molecule has 2 aromatic carbocycles. The highest BCUT2D eigenvalue weighted by atomic mass is 19.3. The summed E-state index contributed by atoms with van der Waals surface area (Å²) in [6, 6.07) is 13.2. The van der Waals surface area contributed by atoms with Gasteiger partial charge in [-0.25, -0.2) is 13.6 Å². The second kappa shape index (κ2) is 17.9. The van der Waals surface area contributed by atoms with Gasteiger partial charge in [0, 0.05) is 18.0 Å². The number of rotatable bonds is 9. The van der Waals surface area contributed by atoms with Gasteiger partial charge >= 0.3 is 6.09 Å². The quantitative estimate of drug-likeness (QED) is 0.232. The topological polar surface area (TPSA) is 201 Å². The largest absolute Gasteiger partial charge is 0.447 e. The van der Waals surface area contributed by atoms with Crippen molar-refractivity contribution in [2.75, 3.05) is 31.6 Å². The van der Waals surface area contributed by atoms with Crippen molar-refractivity contribution in [1.29, 1.82) is 5.26 Å². The highest BCUT2D eigenvalue weighted by Gasteiger charge is 2.47. The Morgan fingerprint density at radius 3 is 2.46 bits per heavy atom. The molecular formula is C33H37F2N9O6. The monoisotopic (exact) mass is 693 g/mol. The number of nitriles is 1. The molecule has 1 saturated heterocycles. The molecule has 50 heavy (non-hydrogen) atoms. The van der Waals surface area contributed by atoms with Crippen LogP contribution in [0.15, 0.2) is 54.7 Å². The zero-order chi connectivity index (χ0) is 36.8. The summed E-state index contributed by atoms with van der Waals surface area (Å²) in [6.07, 6.45) is -0.493. The van der Waals surface area contributed by atoms with Gasteiger partial charge in [-0.15, -0.1) is 9.78 Å². The highest BCUT2D eigenvalue weighted by molar-refractivity contribution is 6.11. The first-order chi connectivity index (χ1) is 24.1. The van der Waals surface area contributed by atoms with E-state index in [0.29, 0.717) is 16.4 Å². The van der Waals surface area contributed by atoms with Gasteiger partial charge in [-0.2, -0.15) is 5.26 Å². The molecule has 0 saturated carbocycles. The number of nitrogens with one attached hydrogen (secondary N) is 3. The number of para-hydroxylation sites is 2. The first-order valence-corrected chi connectivity index (χ1v) is 15.8. The Labute approximate surface area is 285 Å². The normalized spacial score (nSPS) is 14.3. The predicted octanol–water partition coefficient (Wildman–Crippen LogP) is 3.65. The van der Waals surface area contributed by atoms with Crippen molar-refractivity contribution in [3.63, 3.8) is 0 Å². The van der Waals surface area contributed by atoms with Crippen LogP contribution < -0.4 is 16.0 Å². The molecule has 1 fully saturated rings. The first-order valence-electron chi connectivity index (χ1n) is 15.8. The Morgan fingerprint density at radius 2 is 1.72 bits per heavy atom. The molecule has 15 nitrogen and oxygen atoms in total. The van der Waals surface area contributed by atoms with Crippen LogP contribution in [0.25, 0.3) is 21.9 Å². The van der Waals surface area contributed by atoms with Crippen molar-refractivity contribution >= 4 is 57.3 Å². The minimum Gasteiger partial charge on any atom is -0.447 e. The van der Waals surface area contributed by atoms with Gasteiger partial charge in [0.05, 0.1) is 48.9 Å². The lowest BCUT2D eigenvalue weighted by atomic mass is 10.1. The van der Waals surface area contributed by atoms with E-state index in [4.69, 9.17) is 10.00 Å². The number of hydrogen-bond acceptors (Lipinski definition) is 10. The van der Waals surface area contributed by atoms with Gasteiger partial charge in [0.1, 0.15) is 23.7 Å². The predicted molar refractivity (Wildman–Crippen MR) is 178 cm³/mol. The fourth-order valence-corrected chi connectivity index (χ4v) is 4.78. The molecule has 0 aliphatic carbocycles. The molecule has 4 amide bonds. The molecule has 1 unspecified atom stereocenters. The fourth-order valence-electron chi connectivity index (χ4n) is 4.78. The van der Waals surface area contributed by atoms with Crippen molar-refractivity contribution in [3.05, 3.63) is 60.3 Å². The van der Waals surface area contributed by atoms with E-state index in [0.717, 1.165) is 9.58 Å². The number of pyridine rings is 1. The maximum Gasteiger partial charge on any atom is 0.436 e. The molecule has 0 radical (unpaired) electrons. The number of fused-ring (bicyclic) bond motifs is 2.